The Morgan fingerprint density at radius 2 is 1.92 bits per heavy atom. The van der Waals surface area contributed by atoms with E-state index in [0.29, 0.717) is 35.9 Å². The molecular weight excluding hydrogens is 474 g/mol. The van der Waals surface area contributed by atoms with Gasteiger partial charge in [-0.05, 0) is 45.9 Å². The summed E-state index contributed by atoms with van der Waals surface area (Å²) in [5.41, 5.74) is 5.03. The maximum absolute atomic E-state index is 11.8. The first-order chi connectivity index (χ1) is 17.9. The predicted octanol–water partition coefficient (Wildman–Crippen LogP) is 5.25. The summed E-state index contributed by atoms with van der Waals surface area (Å²) in [4.78, 5) is 25.2. The molecule has 37 heavy (non-hydrogen) atoms. The van der Waals surface area contributed by atoms with Crippen molar-refractivity contribution in [3.05, 3.63) is 66.2 Å². The van der Waals surface area contributed by atoms with E-state index in [0.717, 1.165) is 33.5 Å². The van der Waals surface area contributed by atoms with Crippen LogP contribution < -0.4 is 9.47 Å². The van der Waals surface area contributed by atoms with E-state index in [1.807, 2.05) is 56.7 Å². The Morgan fingerprint density at radius 3 is 2.57 bits per heavy atom. The van der Waals surface area contributed by atoms with Gasteiger partial charge in [-0.2, -0.15) is 0 Å². The molecule has 0 aliphatic rings. The van der Waals surface area contributed by atoms with Crippen LogP contribution in [0.4, 0.5) is 0 Å². The van der Waals surface area contributed by atoms with Gasteiger partial charge in [0.25, 0.3) is 0 Å². The maximum atomic E-state index is 11.8. The van der Waals surface area contributed by atoms with Crippen LogP contribution in [-0.2, 0) is 0 Å². The standard InChI is InChI=1S/C27H25N5O5/c1-5-35-22-11-21(27(33)34)30-26(36-6-2)24(22)20-14-32(18-8-7-9-28-13-18)25-19(20)10-17(12-29-25)23-15(3)31-37-16(23)4/h7-14H,5-6H2,1-4H3,(H,33,34). The molecule has 0 aliphatic heterocycles. The molecule has 0 fully saturated rings. The van der Waals surface area contributed by atoms with E-state index in [4.69, 9.17) is 19.0 Å². The smallest absolute Gasteiger partial charge is 0.354 e. The van der Waals surface area contributed by atoms with E-state index in [1.165, 1.54) is 6.07 Å². The number of hydrogen-bond donors (Lipinski definition) is 1. The molecule has 5 aromatic rings. The van der Waals surface area contributed by atoms with Crippen molar-refractivity contribution in [2.45, 2.75) is 27.7 Å². The van der Waals surface area contributed by atoms with Gasteiger partial charge in [0, 0.05) is 46.7 Å². The quantitative estimate of drug-likeness (QED) is 0.305. The lowest BCUT2D eigenvalue weighted by Crippen LogP contribution is -2.07. The van der Waals surface area contributed by atoms with Gasteiger partial charge in [-0.3, -0.25) is 9.55 Å². The average Bonchev–Trinajstić information content (AvgIpc) is 3.43. The highest BCUT2D eigenvalue weighted by atomic mass is 16.5. The minimum atomic E-state index is -1.17. The lowest BCUT2D eigenvalue weighted by Gasteiger charge is -2.15. The van der Waals surface area contributed by atoms with E-state index in [9.17, 15) is 9.90 Å². The number of hydrogen-bond acceptors (Lipinski definition) is 8. The van der Waals surface area contributed by atoms with E-state index in [-0.39, 0.29) is 11.6 Å². The number of aryl methyl sites for hydroxylation is 2. The average molecular weight is 500 g/mol. The summed E-state index contributed by atoms with van der Waals surface area (Å²) in [6.45, 7) is 8.00. The molecule has 5 heterocycles. The van der Waals surface area contributed by atoms with Crippen LogP contribution >= 0.6 is 0 Å². The summed E-state index contributed by atoms with van der Waals surface area (Å²) in [5.74, 6) is 0.0307. The molecule has 0 bridgehead atoms. The molecule has 0 atom stereocenters. The first-order valence-electron chi connectivity index (χ1n) is 11.8. The zero-order valence-corrected chi connectivity index (χ0v) is 20.8. The van der Waals surface area contributed by atoms with Crippen LogP contribution in [0.5, 0.6) is 11.6 Å². The van der Waals surface area contributed by atoms with Gasteiger partial charge in [-0.15, -0.1) is 0 Å². The van der Waals surface area contributed by atoms with Crippen LogP contribution in [-0.4, -0.2) is 49.0 Å². The van der Waals surface area contributed by atoms with Crippen molar-refractivity contribution in [1.82, 2.24) is 24.7 Å². The summed E-state index contributed by atoms with van der Waals surface area (Å²) in [6.07, 6.45) is 7.14. The number of carboxylic acid groups (broad SMARTS) is 1. The van der Waals surface area contributed by atoms with Crippen LogP contribution in [0, 0.1) is 13.8 Å². The van der Waals surface area contributed by atoms with Gasteiger partial charge in [-0.1, -0.05) is 5.16 Å². The predicted molar refractivity (Wildman–Crippen MR) is 136 cm³/mol. The third-order valence-corrected chi connectivity index (χ3v) is 5.91. The van der Waals surface area contributed by atoms with Gasteiger partial charge in [0.15, 0.2) is 5.69 Å². The first-order valence-corrected chi connectivity index (χ1v) is 11.8. The Labute approximate surface area is 212 Å². The van der Waals surface area contributed by atoms with Gasteiger partial charge in [0.1, 0.15) is 17.2 Å². The number of pyridine rings is 3. The zero-order valence-electron chi connectivity index (χ0n) is 20.8. The Kier molecular flexibility index (Phi) is 6.31. The Bertz CT molecular complexity index is 1560. The van der Waals surface area contributed by atoms with E-state index in [2.05, 4.69) is 15.1 Å². The number of ether oxygens (including phenoxy) is 2. The summed E-state index contributed by atoms with van der Waals surface area (Å²) in [6, 6.07) is 7.20. The van der Waals surface area contributed by atoms with Crippen LogP contribution in [0.15, 0.2) is 53.6 Å². The minimum Gasteiger partial charge on any atom is -0.493 e. The Morgan fingerprint density at radius 1 is 1.11 bits per heavy atom. The third-order valence-electron chi connectivity index (χ3n) is 5.91. The molecule has 0 radical (unpaired) electrons. The van der Waals surface area contributed by atoms with Crippen molar-refractivity contribution in [3.63, 3.8) is 0 Å². The summed E-state index contributed by atoms with van der Waals surface area (Å²) in [7, 11) is 0. The number of carboxylic acids is 1. The fourth-order valence-corrected chi connectivity index (χ4v) is 4.40. The van der Waals surface area contributed by atoms with Gasteiger partial charge in [0.2, 0.25) is 5.88 Å². The number of nitrogens with zero attached hydrogens (tertiary/aromatic N) is 5. The SMILES string of the molecule is CCOc1cc(C(=O)O)nc(OCC)c1-c1cn(-c2cccnc2)c2ncc(-c3c(C)noc3C)cc12. The second kappa shape index (κ2) is 9.73. The molecular formula is C27H25N5O5. The molecule has 5 rings (SSSR count). The van der Waals surface area contributed by atoms with Crippen molar-refractivity contribution in [2.75, 3.05) is 13.2 Å². The number of carbonyl (C=O) groups is 1. The maximum Gasteiger partial charge on any atom is 0.354 e. The van der Waals surface area contributed by atoms with Crippen LogP contribution in [0.2, 0.25) is 0 Å². The molecule has 0 spiro atoms. The molecule has 1 N–H and O–H groups in total. The molecule has 10 heteroatoms. The Balaban J connectivity index is 1.86. The van der Waals surface area contributed by atoms with E-state index < -0.39 is 5.97 Å². The summed E-state index contributed by atoms with van der Waals surface area (Å²) >= 11 is 0. The highest BCUT2D eigenvalue weighted by molar-refractivity contribution is 6.00. The molecule has 0 aliphatic carbocycles. The van der Waals surface area contributed by atoms with Crippen LogP contribution in [0.25, 0.3) is 39.0 Å². The number of fused-ring (bicyclic) bond motifs is 1. The molecule has 0 aromatic carbocycles. The molecule has 188 valence electrons. The summed E-state index contributed by atoms with van der Waals surface area (Å²) < 4.78 is 19.1. The number of aromatic carboxylic acids is 1. The second-order valence-electron chi connectivity index (χ2n) is 8.28. The number of aromatic nitrogens is 5. The fourth-order valence-electron chi connectivity index (χ4n) is 4.40. The largest absolute Gasteiger partial charge is 0.493 e. The highest BCUT2D eigenvalue weighted by Gasteiger charge is 2.25. The van der Waals surface area contributed by atoms with Crippen molar-refractivity contribution in [1.29, 1.82) is 0 Å². The molecule has 0 saturated carbocycles. The van der Waals surface area contributed by atoms with Gasteiger partial charge >= 0.3 is 5.97 Å². The molecule has 10 nitrogen and oxygen atoms in total. The second-order valence-corrected chi connectivity index (χ2v) is 8.28. The summed E-state index contributed by atoms with van der Waals surface area (Å²) in [5, 5.41) is 14.5. The molecule has 0 saturated heterocycles. The van der Waals surface area contributed by atoms with Crippen molar-refractivity contribution < 1.29 is 23.9 Å². The topological polar surface area (TPSA) is 125 Å². The van der Waals surface area contributed by atoms with Crippen molar-refractivity contribution >= 4 is 17.0 Å². The minimum absolute atomic E-state index is 0.166. The fraction of sp³-hybridized carbons (Fsp3) is 0.222. The van der Waals surface area contributed by atoms with E-state index >= 15 is 0 Å². The molecule has 0 amide bonds. The highest BCUT2D eigenvalue weighted by Crippen LogP contribution is 2.43. The van der Waals surface area contributed by atoms with Gasteiger partial charge < -0.3 is 19.1 Å². The third kappa shape index (κ3) is 4.26. The normalized spacial score (nSPS) is 11.1. The molecule has 5 aromatic heterocycles. The van der Waals surface area contributed by atoms with Gasteiger partial charge in [-0.25, -0.2) is 14.8 Å². The van der Waals surface area contributed by atoms with Crippen LogP contribution in [0.1, 0.15) is 35.8 Å². The van der Waals surface area contributed by atoms with E-state index in [1.54, 1.807) is 18.6 Å². The monoisotopic (exact) mass is 499 g/mol. The van der Waals surface area contributed by atoms with Gasteiger partial charge in [0.05, 0.1) is 36.4 Å². The molecule has 0 unspecified atom stereocenters. The van der Waals surface area contributed by atoms with Crippen molar-refractivity contribution in [3.8, 4) is 39.6 Å². The van der Waals surface area contributed by atoms with Crippen molar-refractivity contribution in [2.24, 2.45) is 0 Å². The lowest BCUT2D eigenvalue weighted by atomic mass is 10.0. The lowest BCUT2D eigenvalue weighted by molar-refractivity contribution is 0.0688. The number of rotatable bonds is 8. The van der Waals surface area contributed by atoms with Crippen LogP contribution in [0.3, 0.4) is 0 Å². The first kappa shape index (κ1) is 24.0. The Hall–Kier alpha value is -4.73. The zero-order chi connectivity index (χ0) is 26.1.